The molecule has 0 spiro atoms. The largest absolute Gasteiger partial charge is 0.377 e. The van der Waals surface area contributed by atoms with E-state index in [1.54, 1.807) is 24.4 Å². The van der Waals surface area contributed by atoms with Gasteiger partial charge in [0.1, 0.15) is 0 Å². The predicted octanol–water partition coefficient (Wildman–Crippen LogP) is 0.991. The fourth-order valence-corrected chi connectivity index (χ4v) is 2.11. The number of likely N-dealkylation sites (N-methyl/N-ethyl adjacent to an activating group) is 1. The molecule has 0 saturated heterocycles. The van der Waals surface area contributed by atoms with Gasteiger partial charge in [-0.1, -0.05) is 18.7 Å². The Morgan fingerprint density at radius 2 is 2.19 bits per heavy atom. The maximum Gasteiger partial charge on any atom is 0.240 e. The molecule has 1 heterocycles. The monoisotopic (exact) mass is 240 g/mol. The van der Waals surface area contributed by atoms with Gasteiger partial charge < -0.3 is 4.90 Å². The molecule has 0 atom stereocenters. The van der Waals surface area contributed by atoms with Crippen LogP contribution in [0.1, 0.15) is 0 Å². The quantitative estimate of drug-likeness (QED) is 0.783. The lowest BCUT2D eigenvalue weighted by Crippen LogP contribution is -2.21. The molecule has 1 aliphatic heterocycles. The smallest absolute Gasteiger partial charge is 0.240 e. The summed E-state index contributed by atoms with van der Waals surface area (Å²) in [4.78, 5) is 2.13. The molecular weight excluding hydrogens is 224 g/mol. The molecule has 1 rings (SSSR count). The van der Waals surface area contributed by atoms with Gasteiger partial charge in [0, 0.05) is 13.6 Å². The highest BCUT2D eigenvalue weighted by molar-refractivity contribution is 7.93. The van der Waals surface area contributed by atoms with E-state index in [9.17, 15) is 8.42 Å². The van der Waals surface area contributed by atoms with Crippen molar-refractivity contribution < 1.29 is 8.42 Å². The second kappa shape index (κ2) is 5.14. The van der Waals surface area contributed by atoms with Gasteiger partial charge in [0.2, 0.25) is 10.0 Å². The highest BCUT2D eigenvalue weighted by Crippen LogP contribution is 2.16. The summed E-state index contributed by atoms with van der Waals surface area (Å²) in [5, 5.41) is 0. The molecule has 0 bridgehead atoms. The van der Waals surface area contributed by atoms with Crippen LogP contribution in [0.15, 0.2) is 47.6 Å². The molecule has 0 aromatic heterocycles. The van der Waals surface area contributed by atoms with Gasteiger partial charge in [-0.3, -0.25) is 0 Å². The van der Waals surface area contributed by atoms with Crippen molar-refractivity contribution in [1.82, 2.24) is 9.62 Å². The summed E-state index contributed by atoms with van der Waals surface area (Å²) in [6.07, 6.45) is 8.65. The molecule has 16 heavy (non-hydrogen) atoms. The molecule has 0 saturated carbocycles. The molecule has 1 N–H and O–H groups in total. The van der Waals surface area contributed by atoms with Crippen LogP contribution in [0.3, 0.4) is 0 Å². The zero-order chi connectivity index (χ0) is 12.2. The third-order valence-corrected chi connectivity index (χ3v) is 3.70. The minimum absolute atomic E-state index is 0.192. The van der Waals surface area contributed by atoms with Gasteiger partial charge in [-0.2, -0.15) is 0 Å². The number of hydrogen-bond acceptors (Lipinski definition) is 3. The fraction of sp³-hybridized carbons (Fsp3) is 0.273. The standard InChI is InChI=1S/C11H16N2O2S/c1-10-7-9-13(3)8-5-4-6-11(10)16(14,15)12-2/h4-7,9,12H,1,8H2,2-3H3/b5-4-,9-7-,11-6?. The van der Waals surface area contributed by atoms with Crippen LogP contribution in [0.4, 0.5) is 0 Å². The summed E-state index contributed by atoms with van der Waals surface area (Å²) in [5.74, 6) is 0. The topological polar surface area (TPSA) is 49.4 Å². The minimum Gasteiger partial charge on any atom is -0.377 e. The van der Waals surface area contributed by atoms with E-state index in [0.29, 0.717) is 5.57 Å². The first kappa shape index (κ1) is 12.7. The van der Waals surface area contributed by atoms with E-state index >= 15 is 0 Å². The fourth-order valence-electron chi connectivity index (χ4n) is 1.22. The Balaban J connectivity index is 3.16. The molecule has 0 amide bonds. The average molecular weight is 240 g/mol. The minimum atomic E-state index is -3.45. The van der Waals surface area contributed by atoms with E-state index in [1.165, 1.54) is 7.05 Å². The van der Waals surface area contributed by atoms with E-state index < -0.39 is 10.0 Å². The molecular formula is C11H16N2O2S. The van der Waals surface area contributed by atoms with Crippen LogP contribution in [-0.4, -0.2) is 34.0 Å². The van der Waals surface area contributed by atoms with E-state index in [0.717, 1.165) is 6.54 Å². The lowest BCUT2D eigenvalue weighted by atomic mass is 10.2. The first-order valence-corrected chi connectivity index (χ1v) is 6.34. The maximum absolute atomic E-state index is 11.7. The molecule has 4 nitrogen and oxygen atoms in total. The van der Waals surface area contributed by atoms with Gasteiger partial charge >= 0.3 is 0 Å². The van der Waals surface area contributed by atoms with Gasteiger partial charge in [0.15, 0.2) is 0 Å². The average Bonchev–Trinajstić information content (AvgIpc) is 2.32. The van der Waals surface area contributed by atoms with E-state index in [2.05, 4.69) is 11.3 Å². The van der Waals surface area contributed by atoms with Crippen LogP contribution < -0.4 is 4.72 Å². The van der Waals surface area contributed by atoms with Crippen molar-refractivity contribution in [3.05, 3.63) is 47.6 Å². The summed E-state index contributed by atoms with van der Waals surface area (Å²) < 4.78 is 25.7. The Morgan fingerprint density at radius 1 is 1.50 bits per heavy atom. The summed E-state index contributed by atoms with van der Waals surface area (Å²) in [6.45, 7) is 4.48. The molecule has 0 unspecified atom stereocenters. The van der Waals surface area contributed by atoms with Crippen molar-refractivity contribution >= 4 is 10.0 Å². The number of sulfonamides is 1. The van der Waals surface area contributed by atoms with E-state index in [4.69, 9.17) is 0 Å². The van der Waals surface area contributed by atoms with Crippen LogP contribution in [0.5, 0.6) is 0 Å². The maximum atomic E-state index is 11.7. The normalized spacial score (nSPS) is 21.8. The van der Waals surface area contributed by atoms with Crippen LogP contribution in [0.25, 0.3) is 0 Å². The van der Waals surface area contributed by atoms with E-state index in [-0.39, 0.29) is 4.91 Å². The summed E-state index contributed by atoms with van der Waals surface area (Å²) in [7, 11) is -0.160. The highest BCUT2D eigenvalue weighted by Gasteiger charge is 2.16. The van der Waals surface area contributed by atoms with Gasteiger partial charge in [-0.05, 0) is 31.0 Å². The molecule has 5 heteroatoms. The molecule has 0 aromatic rings. The molecule has 0 aromatic carbocycles. The molecule has 1 aliphatic rings. The first-order chi connectivity index (χ1) is 7.47. The zero-order valence-electron chi connectivity index (χ0n) is 9.47. The van der Waals surface area contributed by atoms with Crippen LogP contribution >= 0.6 is 0 Å². The molecule has 0 radical (unpaired) electrons. The van der Waals surface area contributed by atoms with Gasteiger partial charge in [-0.25, -0.2) is 13.1 Å². The lowest BCUT2D eigenvalue weighted by molar-refractivity contribution is 0.510. The Labute approximate surface area is 96.7 Å². The Hall–Kier alpha value is -1.33. The number of rotatable bonds is 2. The second-order valence-electron chi connectivity index (χ2n) is 3.45. The number of nitrogens with zero attached hydrogens (tertiary/aromatic N) is 1. The van der Waals surface area contributed by atoms with Crippen molar-refractivity contribution in [1.29, 1.82) is 0 Å². The Bertz CT molecular complexity index is 458. The highest BCUT2D eigenvalue weighted by atomic mass is 32.2. The van der Waals surface area contributed by atoms with Crippen molar-refractivity contribution in [2.45, 2.75) is 0 Å². The van der Waals surface area contributed by atoms with Crippen molar-refractivity contribution in [3.8, 4) is 0 Å². The first-order valence-electron chi connectivity index (χ1n) is 4.85. The number of hydrogen-bond donors (Lipinski definition) is 1. The lowest BCUT2D eigenvalue weighted by Gasteiger charge is -2.10. The van der Waals surface area contributed by atoms with Crippen molar-refractivity contribution in [2.24, 2.45) is 0 Å². The zero-order valence-corrected chi connectivity index (χ0v) is 10.3. The van der Waals surface area contributed by atoms with Gasteiger partial charge in [-0.15, -0.1) is 0 Å². The van der Waals surface area contributed by atoms with Crippen LogP contribution in [0, 0.1) is 0 Å². The summed E-state index contributed by atoms with van der Waals surface area (Å²) >= 11 is 0. The number of nitrogens with one attached hydrogen (secondary N) is 1. The Morgan fingerprint density at radius 3 is 2.81 bits per heavy atom. The summed E-state index contributed by atoms with van der Waals surface area (Å²) in [6, 6.07) is 0. The van der Waals surface area contributed by atoms with E-state index in [1.807, 2.05) is 18.0 Å². The molecule has 88 valence electrons. The van der Waals surface area contributed by atoms with Crippen molar-refractivity contribution in [2.75, 3.05) is 20.6 Å². The second-order valence-corrected chi connectivity index (χ2v) is 5.30. The van der Waals surface area contributed by atoms with Gasteiger partial charge in [0.05, 0.1) is 4.91 Å². The van der Waals surface area contributed by atoms with Gasteiger partial charge in [0.25, 0.3) is 0 Å². The Kier molecular flexibility index (Phi) is 4.09. The molecule has 0 aliphatic carbocycles. The third-order valence-electron chi connectivity index (χ3n) is 2.18. The number of allylic oxidation sites excluding steroid dienone is 4. The SMILES string of the molecule is C=C1/C=C\N(C)C/C=C\C=C1S(=O)(=O)NC. The summed E-state index contributed by atoms with van der Waals surface area (Å²) in [5.41, 5.74) is 0.466. The third kappa shape index (κ3) is 3.08. The van der Waals surface area contributed by atoms with Crippen LogP contribution in [0.2, 0.25) is 0 Å². The molecule has 0 fully saturated rings. The van der Waals surface area contributed by atoms with Crippen molar-refractivity contribution in [3.63, 3.8) is 0 Å². The predicted molar refractivity (Wildman–Crippen MR) is 66.1 cm³/mol. The van der Waals surface area contributed by atoms with Crippen LogP contribution in [-0.2, 0) is 10.0 Å².